The van der Waals surface area contributed by atoms with Gasteiger partial charge in [-0.25, -0.2) is 8.42 Å². The van der Waals surface area contributed by atoms with Crippen molar-refractivity contribution in [2.75, 3.05) is 5.75 Å². The fraction of sp³-hybridized carbons (Fsp3) is 0.0870. The Morgan fingerprint density at radius 2 is 1.60 bits per heavy atom. The lowest BCUT2D eigenvalue weighted by molar-refractivity contribution is -0.119. The molecule has 0 unspecified atom stereocenters. The van der Waals surface area contributed by atoms with Gasteiger partial charge in [-0.3, -0.25) is 14.8 Å². The van der Waals surface area contributed by atoms with Gasteiger partial charge in [-0.1, -0.05) is 59.8 Å². The van der Waals surface area contributed by atoms with Crippen molar-refractivity contribution in [3.8, 4) is 11.4 Å². The van der Waals surface area contributed by atoms with Gasteiger partial charge in [0.1, 0.15) is 12.4 Å². The van der Waals surface area contributed by atoms with Crippen LogP contribution in [0.5, 0.6) is 5.75 Å². The summed E-state index contributed by atoms with van der Waals surface area (Å²) in [5.74, 6) is 0.506. The van der Waals surface area contributed by atoms with E-state index in [1.807, 2.05) is 30.3 Å². The number of hydrogen-bond donors (Lipinski definition) is 2. The molecule has 4 aromatic rings. The van der Waals surface area contributed by atoms with Gasteiger partial charge >= 0.3 is 0 Å². The molecule has 1 heterocycles. The predicted octanol–water partition coefficient (Wildman–Crippen LogP) is 3.60. The van der Waals surface area contributed by atoms with E-state index in [0.29, 0.717) is 21.8 Å². The van der Waals surface area contributed by atoms with E-state index in [1.165, 1.54) is 12.1 Å². The van der Waals surface area contributed by atoms with Crippen LogP contribution in [0.4, 0.5) is 0 Å². The summed E-state index contributed by atoms with van der Waals surface area (Å²) in [6, 6.07) is 24.1. The maximum atomic E-state index is 12.3. The van der Waals surface area contributed by atoms with Gasteiger partial charge in [0.15, 0.2) is 11.0 Å². The molecule has 0 saturated carbocycles. The fourth-order valence-electron chi connectivity index (χ4n) is 2.95. The van der Waals surface area contributed by atoms with Crippen LogP contribution in [0.1, 0.15) is 5.82 Å². The summed E-state index contributed by atoms with van der Waals surface area (Å²) in [5, 5.41) is 9.48. The van der Waals surface area contributed by atoms with Crippen molar-refractivity contribution in [2.24, 2.45) is 0 Å². The van der Waals surface area contributed by atoms with E-state index in [4.69, 9.17) is 16.3 Å². The van der Waals surface area contributed by atoms with Crippen LogP contribution in [0.15, 0.2) is 95.0 Å². The summed E-state index contributed by atoms with van der Waals surface area (Å²) < 4.78 is 32.2. The first-order chi connectivity index (χ1) is 16.9. The second-order valence-electron chi connectivity index (χ2n) is 7.07. The minimum atomic E-state index is -3.87. The number of para-hydroxylation sites is 1. The van der Waals surface area contributed by atoms with Gasteiger partial charge in [0.25, 0.3) is 10.0 Å². The van der Waals surface area contributed by atoms with Crippen LogP contribution >= 0.6 is 23.4 Å². The first-order valence-corrected chi connectivity index (χ1v) is 13.1. The van der Waals surface area contributed by atoms with Crippen molar-refractivity contribution in [1.82, 2.24) is 25.0 Å². The number of halogens is 1. The number of thioether (sulfide) groups is 1. The standard InChI is InChI=1S/C23H20ClN5O4S2/c24-17-11-13-19(14-12-17)33-15-21-25-27-23(29(21)18-7-3-1-4-8-18)34-16-22(30)26-28-35(31,32)20-9-5-2-6-10-20/h1-14,28H,15-16H2,(H,26,30). The van der Waals surface area contributed by atoms with Gasteiger partial charge in [0.05, 0.1) is 10.6 Å². The number of rotatable bonds is 10. The first kappa shape index (κ1) is 24.7. The highest BCUT2D eigenvalue weighted by molar-refractivity contribution is 7.99. The van der Waals surface area contributed by atoms with Crippen LogP contribution in [0, 0.1) is 0 Å². The number of benzene rings is 3. The zero-order chi connectivity index (χ0) is 24.7. The summed E-state index contributed by atoms with van der Waals surface area (Å²) in [6.45, 7) is 0.132. The fourth-order valence-corrected chi connectivity index (χ4v) is 4.73. The molecule has 0 spiro atoms. The van der Waals surface area contributed by atoms with Crippen LogP contribution in [0.2, 0.25) is 5.02 Å². The van der Waals surface area contributed by atoms with E-state index in [1.54, 1.807) is 47.0 Å². The van der Waals surface area contributed by atoms with Gasteiger partial charge < -0.3 is 4.74 Å². The number of amides is 1. The smallest absolute Gasteiger partial charge is 0.257 e. The van der Waals surface area contributed by atoms with Gasteiger partial charge in [-0.2, -0.15) is 0 Å². The number of nitrogens with one attached hydrogen (secondary N) is 2. The van der Waals surface area contributed by atoms with Crippen LogP contribution in [-0.4, -0.2) is 34.8 Å². The number of aromatic nitrogens is 3. The highest BCUT2D eigenvalue weighted by atomic mass is 35.5. The largest absolute Gasteiger partial charge is 0.486 e. The molecule has 0 aliphatic carbocycles. The molecule has 0 saturated heterocycles. The number of carbonyl (C=O) groups excluding carboxylic acids is 1. The number of nitrogens with zero attached hydrogens (tertiary/aromatic N) is 3. The Bertz CT molecular complexity index is 1380. The van der Waals surface area contributed by atoms with Crippen LogP contribution < -0.4 is 15.0 Å². The van der Waals surface area contributed by atoms with Crippen molar-refractivity contribution in [3.05, 3.63) is 95.8 Å². The molecular formula is C23H20ClN5O4S2. The highest BCUT2D eigenvalue weighted by Gasteiger charge is 2.18. The van der Waals surface area contributed by atoms with Gasteiger partial charge in [0.2, 0.25) is 5.91 Å². The van der Waals surface area contributed by atoms with Crippen molar-refractivity contribution < 1.29 is 17.9 Å². The molecule has 0 aliphatic rings. The molecule has 35 heavy (non-hydrogen) atoms. The number of ether oxygens (including phenoxy) is 1. The Labute approximate surface area is 211 Å². The van der Waals surface area contributed by atoms with Crippen molar-refractivity contribution in [3.63, 3.8) is 0 Å². The molecule has 9 nitrogen and oxygen atoms in total. The number of hydrazine groups is 1. The molecule has 0 fully saturated rings. The first-order valence-electron chi connectivity index (χ1n) is 10.3. The Morgan fingerprint density at radius 3 is 2.29 bits per heavy atom. The number of hydrogen-bond acceptors (Lipinski definition) is 7. The predicted molar refractivity (Wildman–Crippen MR) is 133 cm³/mol. The number of carbonyl (C=O) groups is 1. The van der Waals surface area contributed by atoms with E-state index in [9.17, 15) is 13.2 Å². The zero-order valence-electron chi connectivity index (χ0n) is 18.2. The Hall–Kier alpha value is -3.38. The second kappa shape index (κ2) is 11.4. The molecule has 4 rings (SSSR count). The second-order valence-corrected chi connectivity index (χ2v) is 10.1. The van der Waals surface area contributed by atoms with Crippen LogP contribution in [0.3, 0.4) is 0 Å². The van der Waals surface area contributed by atoms with Crippen molar-refractivity contribution in [2.45, 2.75) is 16.7 Å². The third-order valence-electron chi connectivity index (χ3n) is 4.61. The summed E-state index contributed by atoms with van der Waals surface area (Å²) in [6.07, 6.45) is 0. The topological polar surface area (TPSA) is 115 Å². The SMILES string of the molecule is O=C(CSc1nnc(COc2ccc(Cl)cc2)n1-c1ccccc1)NNS(=O)(=O)c1ccccc1. The minimum Gasteiger partial charge on any atom is -0.486 e. The maximum Gasteiger partial charge on any atom is 0.257 e. The monoisotopic (exact) mass is 529 g/mol. The van der Waals surface area contributed by atoms with Crippen molar-refractivity contribution in [1.29, 1.82) is 0 Å². The average Bonchev–Trinajstić information content (AvgIpc) is 3.30. The summed E-state index contributed by atoms with van der Waals surface area (Å²) in [5.41, 5.74) is 3.01. The summed E-state index contributed by atoms with van der Waals surface area (Å²) >= 11 is 7.03. The molecule has 12 heteroatoms. The summed E-state index contributed by atoms with van der Waals surface area (Å²) in [4.78, 5) is 14.5. The molecular weight excluding hydrogens is 510 g/mol. The lowest BCUT2D eigenvalue weighted by Crippen LogP contribution is -2.42. The molecule has 1 aromatic heterocycles. The van der Waals surface area contributed by atoms with E-state index in [0.717, 1.165) is 17.4 Å². The van der Waals surface area contributed by atoms with Crippen LogP contribution in [-0.2, 0) is 21.4 Å². The quantitative estimate of drug-likeness (QED) is 0.238. The van der Waals surface area contributed by atoms with Crippen LogP contribution in [0.25, 0.3) is 5.69 Å². The molecule has 0 aliphatic heterocycles. The molecule has 2 N–H and O–H groups in total. The Morgan fingerprint density at radius 1 is 0.943 bits per heavy atom. The van der Waals surface area contributed by atoms with E-state index >= 15 is 0 Å². The highest BCUT2D eigenvalue weighted by Crippen LogP contribution is 2.23. The average molecular weight is 530 g/mol. The van der Waals surface area contributed by atoms with Gasteiger partial charge in [-0.05, 0) is 48.5 Å². The van der Waals surface area contributed by atoms with Crippen molar-refractivity contribution >= 4 is 39.3 Å². The summed E-state index contributed by atoms with van der Waals surface area (Å²) in [7, 11) is -3.87. The number of sulfonamides is 1. The molecule has 0 atom stereocenters. The maximum absolute atomic E-state index is 12.3. The molecule has 1 amide bonds. The molecule has 180 valence electrons. The third-order valence-corrected chi connectivity index (χ3v) is 7.05. The Balaban J connectivity index is 1.43. The van der Waals surface area contributed by atoms with Gasteiger partial charge in [-0.15, -0.1) is 15.0 Å². The van der Waals surface area contributed by atoms with E-state index in [2.05, 4.69) is 20.5 Å². The Kier molecular flexibility index (Phi) is 8.03. The van der Waals surface area contributed by atoms with Gasteiger partial charge in [0, 0.05) is 10.7 Å². The normalized spacial score (nSPS) is 11.2. The molecule has 3 aromatic carbocycles. The molecule has 0 bridgehead atoms. The third kappa shape index (κ3) is 6.61. The zero-order valence-corrected chi connectivity index (χ0v) is 20.6. The van der Waals surface area contributed by atoms with E-state index in [-0.39, 0.29) is 17.3 Å². The lowest BCUT2D eigenvalue weighted by Gasteiger charge is -2.11. The molecule has 0 radical (unpaired) electrons. The minimum absolute atomic E-state index is 0.0436. The lowest BCUT2D eigenvalue weighted by atomic mass is 10.3. The van der Waals surface area contributed by atoms with E-state index < -0.39 is 15.9 Å².